The van der Waals surface area contributed by atoms with E-state index in [0.717, 1.165) is 42.2 Å². The number of ether oxygens (including phenoxy) is 1. The Morgan fingerprint density at radius 1 is 1.23 bits per heavy atom. The number of anilines is 1. The van der Waals surface area contributed by atoms with Gasteiger partial charge in [0, 0.05) is 30.8 Å². The summed E-state index contributed by atoms with van der Waals surface area (Å²) in [4.78, 5) is 14.8. The molecule has 0 radical (unpaired) electrons. The van der Waals surface area contributed by atoms with Crippen LogP contribution in [0.1, 0.15) is 30.1 Å². The number of aromatic nitrogens is 2. The van der Waals surface area contributed by atoms with Gasteiger partial charge < -0.3 is 15.0 Å². The Balaban J connectivity index is 1.38. The summed E-state index contributed by atoms with van der Waals surface area (Å²) in [5.74, 6) is 1.24. The number of amides is 1. The lowest BCUT2D eigenvalue weighted by molar-refractivity contribution is 0.0933. The van der Waals surface area contributed by atoms with Gasteiger partial charge in [0.25, 0.3) is 5.91 Å². The normalized spacial score (nSPS) is 16.3. The maximum atomic E-state index is 13.1. The average molecular weight is 408 g/mol. The van der Waals surface area contributed by atoms with Crippen LogP contribution in [0.2, 0.25) is 0 Å². The molecule has 0 aliphatic carbocycles. The predicted molar refractivity (Wildman–Crippen MR) is 114 cm³/mol. The molecule has 0 saturated carbocycles. The molecule has 1 saturated heterocycles. The number of aromatic amines is 1. The van der Waals surface area contributed by atoms with Gasteiger partial charge in [0.2, 0.25) is 0 Å². The largest absolute Gasteiger partial charge is 0.494 e. The Morgan fingerprint density at radius 3 is 2.73 bits per heavy atom. The Labute approximate surface area is 175 Å². The van der Waals surface area contributed by atoms with Gasteiger partial charge in [-0.25, -0.2) is 4.39 Å². The van der Waals surface area contributed by atoms with Crippen LogP contribution in [0, 0.1) is 5.82 Å². The average Bonchev–Trinajstić information content (AvgIpc) is 3.25. The fourth-order valence-electron chi connectivity index (χ4n) is 3.69. The Bertz CT molecular complexity index is 985. The van der Waals surface area contributed by atoms with E-state index in [-0.39, 0.29) is 17.8 Å². The molecule has 6 nitrogen and oxygen atoms in total. The van der Waals surface area contributed by atoms with Gasteiger partial charge in [-0.1, -0.05) is 0 Å². The summed E-state index contributed by atoms with van der Waals surface area (Å²) in [7, 11) is 0. The van der Waals surface area contributed by atoms with Gasteiger partial charge in [0.1, 0.15) is 11.6 Å². The first-order chi connectivity index (χ1) is 14.6. The monoisotopic (exact) mass is 408 g/mol. The summed E-state index contributed by atoms with van der Waals surface area (Å²) >= 11 is 0. The number of benzene rings is 2. The third-order valence-electron chi connectivity index (χ3n) is 5.23. The summed E-state index contributed by atoms with van der Waals surface area (Å²) in [5.41, 5.74) is 2.34. The molecule has 30 heavy (non-hydrogen) atoms. The van der Waals surface area contributed by atoms with Crippen molar-refractivity contribution in [3.63, 3.8) is 0 Å². The highest BCUT2D eigenvalue weighted by atomic mass is 19.1. The topological polar surface area (TPSA) is 70.2 Å². The molecule has 2 aromatic carbocycles. The summed E-state index contributed by atoms with van der Waals surface area (Å²) in [6.45, 7) is 4.09. The van der Waals surface area contributed by atoms with E-state index in [2.05, 4.69) is 20.4 Å². The molecule has 156 valence electrons. The van der Waals surface area contributed by atoms with E-state index in [1.807, 2.05) is 25.1 Å². The Hall–Kier alpha value is -3.35. The van der Waals surface area contributed by atoms with Crippen molar-refractivity contribution in [3.05, 3.63) is 66.0 Å². The van der Waals surface area contributed by atoms with E-state index in [1.54, 1.807) is 24.3 Å². The van der Waals surface area contributed by atoms with Gasteiger partial charge >= 0.3 is 0 Å². The van der Waals surface area contributed by atoms with Crippen LogP contribution in [0.3, 0.4) is 0 Å². The zero-order valence-electron chi connectivity index (χ0n) is 16.9. The number of nitrogens with one attached hydrogen (secondary N) is 2. The molecule has 1 fully saturated rings. The molecule has 1 amide bonds. The molecule has 1 unspecified atom stereocenters. The van der Waals surface area contributed by atoms with Crippen molar-refractivity contribution in [2.24, 2.45) is 0 Å². The van der Waals surface area contributed by atoms with Crippen LogP contribution in [0.15, 0.2) is 54.6 Å². The molecule has 1 aliphatic rings. The van der Waals surface area contributed by atoms with Crippen molar-refractivity contribution in [1.29, 1.82) is 0 Å². The Morgan fingerprint density at radius 2 is 2.00 bits per heavy atom. The quantitative estimate of drug-likeness (QED) is 0.647. The standard InChI is InChI=1S/C23H25FN4O2/c1-2-30-20-11-7-17(8-12-20)23(29)25-19-4-3-13-28(15-19)22-14-21(26-27-22)16-5-9-18(24)10-6-16/h5-12,14,19H,2-4,13,15H2,1H3,(H,25,29)(H,26,27). The van der Waals surface area contributed by atoms with E-state index < -0.39 is 0 Å². The van der Waals surface area contributed by atoms with Crippen molar-refractivity contribution in [3.8, 4) is 17.0 Å². The molecule has 1 aliphatic heterocycles. The van der Waals surface area contributed by atoms with E-state index >= 15 is 0 Å². The zero-order valence-corrected chi connectivity index (χ0v) is 16.9. The molecule has 7 heteroatoms. The third-order valence-corrected chi connectivity index (χ3v) is 5.23. The van der Waals surface area contributed by atoms with Crippen LogP contribution < -0.4 is 15.0 Å². The molecule has 2 N–H and O–H groups in total. The second kappa shape index (κ2) is 8.98. The van der Waals surface area contributed by atoms with Gasteiger partial charge in [-0.05, 0) is 73.9 Å². The minimum Gasteiger partial charge on any atom is -0.494 e. The molecule has 0 spiro atoms. The van der Waals surface area contributed by atoms with Gasteiger partial charge in [-0.3, -0.25) is 9.89 Å². The number of hydrogen-bond donors (Lipinski definition) is 2. The van der Waals surface area contributed by atoms with Crippen LogP contribution in [-0.4, -0.2) is 41.8 Å². The summed E-state index contributed by atoms with van der Waals surface area (Å²) in [6, 6.07) is 15.5. The van der Waals surface area contributed by atoms with Crippen LogP contribution in [0.25, 0.3) is 11.3 Å². The second-order valence-corrected chi connectivity index (χ2v) is 7.36. The fourth-order valence-corrected chi connectivity index (χ4v) is 3.69. The second-order valence-electron chi connectivity index (χ2n) is 7.36. The smallest absolute Gasteiger partial charge is 0.251 e. The maximum absolute atomic E-state index is 13.1. The van der Waals surface area contributed by atoms with Crippen LogP contribution >= 0.6 is 0 Å². The van der Waals surface area contributed by atoms with Crippen molar-refractivity contribution < 1.29 is 13.9 Å². The highest BCUT2D eigenvalue weighted by Gasteiger charge is 2.23. The summed E-state index contributed by atoms with van der Waals surface area (Å²) < 4.78 is 18.6. The highest BCUT2D eigenvalue weighted by Crippen LogP contribution is 2.24. The highest BCUT2D eigenvalue weighted by molar-refractivity contribution is 5.94. The number of nitrogens with zero attached hydrogens (tertiary/aromatic N) is 2. The molecular formula is C23H25FN4O2. The third kappa shape index (κ3) is 4.62. The first kappa shape index (κ1) is 19.9. The van der Waals surface area contributed by atoms with Crippen molar-refractivity contribution >= 4 is 11.7 Å². The minimum atomic E-state index is -0.263. The molecule has 0 bridgehead atoms. The van der Waals surface area contributed by atoms with Crippen LogP contribution in [-0.2, 0) is 0 Å². The fraction of sp³-hybridized carbons (Fsp3) is 0.304. The van der Waals surface area contributed by atoms with Gasteiger partial charge in [0.15, 0.2) is 5.82 Å². The Kier molecular flexibility index (Phi) is 5.97. The molecule has 2 heterocycles. The number of hydrogen-bond acceptors (Lipinski definition) is 4. The van der Waals surface area contributed by atoms with Gasteiger partial charge in [0.05, 0.1) is 12.3 Å². The maximum Gasteiger partial charge on any atom is 0.251 e. The van der Waals surface area contributed by atoms with E-state index in [0.29, 0.717) is 18.7 Å². The number of carbonyl (C=O) groups excluding carboxylic acids is 1. The molecule has 3 aromatic rings. The SMILES string of the molecule is CCOc1ccc(C(=O)NC2CCCN(c3cc(-c4ccc(F)cc4)[nH]n3)C2)cc1. The number of halogens is 1. The first-order valence-corrected chi connectivity index (χ1v) is 10.2. The summed E-state index contributed by atoms with van der Waals surface area (Å²) in [5, 5.41) is 10.6. The van der Waals surface area contributed by atoms with Gasteiger partial charge in [-0.15, -0.1) is 0 Å². The molecule has 1 atom stereocenters. The van der Waals surface area contributed by atoms with Gasteiger partial charge in [-0.2, -0.15) is 5.10 Å². The number of carbonyl (C=O) groups is 1. The number of piperidine rings is 1. The van der Waals surface area contributed by atoms with Crippen LogP contribution in [0.4, 0.5) is 10.2 Å². The van der Waals surface area contributed by atoms with Crippen molar-refractivity contribution in [1.82, 2.24) is 15.5 Å². The lowest BCUT2D eigenvalue weighted by Gasteiger charge is -2.33. The number of rotatable bonds is 6. The minimum absolute atomic E-state index is 0.0452. The van der Waals surface area contributed by atoms with E-state index in [4.69, 9.17) is 4.74 Å². The zero-order chi connectivity index (χ0) is 20.9. The summed E-state index contributed by atoms with van der Waals surface area (Å²) in [6.07, 6.45) is 1.89. The first-order valence-electron chi connectivity index (χ1n) is 10.2. The molecule has 1 aromatic heterocycles. The predicted octanol–water partition coefficient (Wildman–Crippen LogP) is 4.01. The molecular weight excluding hydrogens is 383 g/mol. The van der Waals surface area contributed by atoms with E-state index in [1.165, 1.54) is 12.1 Å². The van der Waals surface area contributed by atoms with Crippen molar-refractivity contribution in [2.45, 2.75) is 25.8 Å². The van der Waals surface area contributed by atoms with E-state index in [9.17, 15) is 9.18 Å². The lowest BCUT2D eigenvalue weighted by atomic mass is 10.0. The van der Waals surface area contributed by atoms with Crippen molar-refractivity contribution in [2.75, 3.05) is 24.6 Å². The van der Waals surface area contributed by atoms with Crippen LogP contribution in [0.5, 0.6) is 5.75 Å². The number of H-pyrrole nitrogens is 1. The lowest BCUT2D eigenvalue weighted by Crippen LogP contribution is -2.48. The molecule has 4 rings (SSSR count).